The average molecular weight is 271 g/mol. The number of hydrogen-bond donors (Lipinski definition) is 1. The first-order valence-corrected chi connectivity index (χ1v) is 6.65. The van der Waals surface area contributed by atoms with Crippen LogP contribution in [0.3, 0.4) is 0 Å². The van der Waals surface area contributed by atoms with E-state index in [2.05, 4.69) is 0 Å². The minimum atomic E-state index is -3.54. The summed E-state index contributed by atoms with van der Waals surface area (Å²) >= 11 is 5.40. The molecule has 1 N–H and O–H groups in total. The minimum Gasteiger partial charge on any atom is -0.387 e. The fourth-order valence-corrected chi connectivity index (χ4v) is 2.12. The van der Waals surface area contributed by atoms with Crippen LogP contribution in [0.25, 0.3) is 0 Å². The number of aliphatic hydroxyl groups is 1. The van der Waals surface area contributed by atoms with Crippen LogP contribution in [0.2, 0.25) is 5.02 Å². The molecule has 1 rings (SSSR count). The van der Waals surface area contributed by atoms with Gasteiger partial charge < -0.3 is 5.11 Å². The van der Waals surface area contributed by atoms with E-state index in [1.807, 2.05) is 0 Å². The molecule has 0 aliphatic rings. The maximum Gasteiger partial charge on any atom is 0.150 e. The molecule has 0 bridgehead atoms. The quantitative estimate of drug-likeness (QED) is 0.851. The van der Waals surface area contributed by atoms with Crippen molar-refractivity contribution < 1.29 is 22.3 Å². The predicted molar refractivity (Wildman–Crippen MR) is 56.0 cm³/mol. The molecule has 0 saturated heterocycles. The summed E-state index contributed by atoms with van der Waals surface area (Å²) in [5.74, 6) is -2.93. The van der Waals surface area contributed by atoms with Gasteiger partial charge in [0, 0.05) is 6.26 Å². The zero-order chi connectivity index (χ0) is 12.5. The third-order valence-electron chi connectivity index (χ3n) is 1.87. The lowest BCUT2D eigenvalue weighted by Gasteiger charge is -2.12. The van der Waals surface area contributed by atoms with Crippen LogP contribution in [0, 0.1) is 11.6 Å². The summed E-state index contributed by atoms with van der Waals surface area (Å²) in [5, 5.41) is 9.05. The lowest BCUT2D eigenvalue weighted by Crippen LogP contribution is -2.15. The van der Waals surface area contributed by atoms with Gasteiger partial charge in [0.05, 0.1) is 22.4 Å². The van der Waals surface area contributed by atoms with E-state index in [0.29, 0.717) is 0 Å². The Morgan fingerprint density at radius 2 is 2.00 bits per heavy atom. The number of aliphatic hydroxyl groups excluding tert-OH is 1. The molecule has 0 amide bonds. The molecule has 90 valence electrons. The van der Waals surface area contributed by atoms with Gasteiger partial charge in [-0.1, -0.05) is 11.6 Å². The fraction of sp³-hybridized carbons (Fsp3) is 0.333. The maximum absolute atomic E-state index is 13.4. The van der Waals surface area contributed by atoms with E-state index in [4.69, 9.17) is 11.6 Å². The van der Waals surface area contributed by atoms with Gasteiger partial charge in [0.15, 0.2) is 5.82 Å². The summed E-state index contributed by atoms with van der Waals surface area (Å²) in [6, 6.07) is 1.86. The van der Waals surface area contributed by atoms with Gasteiger partial charge in [-0.2, -0.15) is 0 Å². The van der Waals surface area contributed by atoms with E-state index in [1.165, 1.54) is 0 Å². The molecule has 0 aliphatic heterocycles. The maximum atomic E-state index is 13.4. The molecule has 0 fully saturated rings. The summed E-state index contributed by atoms with van der Waals surface area (Å²) in [6.07, 6.45) is -0.912. The Morgan fingerprint density at radius 3 is 2.50 bits per heavy atom. The van der Waals surface area contributed by atoms with Crippen molar-refractivity contribution in [1.82, 2.24) is 0 Å². The van der Waals surface area contributed by atoms with Crippen molar-refractivity contribution in [3.8, 4) is 0 Å². The first-order chi connectivity index (χ1) is 7.22. The van der Waals surface area contributed by atoms with Crippen LogP contribution in [0.15, 0.2) is 12.1 Å². The van der Waals surface area contributed by atoms with E-state index >= 15 is 0 Å². The second-order valence-corrected chi connectivity index (χ2v) is 5.96. The normalized spacial score (nSPS) is 13.8. The molecule has 7 heteroatoms. The summed E-state index contributed by atoms with van der Waals surface area (Å²) in [4.78, 5) is 0. The summed E-state index contributed by atoms with van der Waals surface area (Å²) in [5.41, 5.74) is -0.724. The zero-order valence-corrected chi connectivity index (χ0v) is 9.82. The summed E-state index contributed by atoms with van der Waals surface area (Å²) in [6.45, 7) is 0. The molecular weight excluding hydrogens is 262 g/mol. The van der Waals surface area contributed by atoms with Crippen molar-refractivity contribution >= 4 is 21.4 Å². The van der Waals surface area contributed by atoms with E-state index in [1.54, 1.807) is 0 Å². The van der Waals surface area contributed by atoms with E-state index < -0.39 is 38.9 Å². The fourth-order valence-electron chi connectivity index (χ4n) is 1.22. The zero-order valence-electron chi connectivity index (χ0n) is 8.25. The highest BCUT2D eigenvalue weighted by molar-refractivity contribution is 7.90. The van der Waals surface area contributed by atoms with Crippen molar-refractivity contribution in [2.45, 2.75) is 6.10 Å². The highest BCUT2D eigenvalue weighted by atomic mass is 35.5. The van der Waals surface area contributed by atoms with Crippen LogP contribution < -0.4 is 0 Å². The van der Waals surface area contributed by atoms with Gasteiger partial charge >= 0.3 is 0 Å². The monoisotopic (exact) mass is 270 g/mol. The lowest BCUT2D eigenvalue weighted by molar-refractivity contribution is 0.191. The van der Waals surface area contributed by atoms with Crippen LogP contribution in [0.1, 0.15) is 11.7 Å². The minimum absolute atomic E-state index is 0.371. The largest absolute Gasteiger partial charge is 0.387 e. The number of benzene rings is 1. The number of rotatable bonds is 3. The first kappa shape index (κ1) is 13.3. The number of sulfone groups is 1. The van der Waals surface area contributed by atoms with Crippen LogP contribution >= 0.6 is 11.6 Å². The highest BCUT2D eigenvalue weighted by Gasteiger charge is 2.23. The van der Waals surface area contributed by atoms with Crippen LogP contribution in [-0.2, 0) is 9.84 Å². The molecule has 0 spiro atoms. The molecule has 0 aliphatic carbocycles. The Hall–Kier alpha value is -0.720. The van der Waals surface area contributed by atoms with Gasteiger partial charge in [-0.25, -0.2) is 17.2 Å². The standard InChI is InChI=1S/C9H9ClF2O3S/c1-16(14,15)4-7(13)8-6(11)3-2-5(10)9(8)12/h2-3,7,13H,4H2,1H3. The van der Waals surface area contributed by atoms with Gasteiger partial charge in [-0.05, 0) is 12.1 Å². The van der Waals surface area contributed by atoms with Crippen molar-refractivity contribution in [2.24, 2.45) is 0 Å². The molecule has 16 heavy (non-hydrogen) atoms. The summed E-state index contributed by atoms with van der Waals surface area (Å²) in [7, 11) is -3.54. The van der Waals surface area contributed by atoms with E-state index in [0.717, 1.165) is 18.4 Å². The predicted octanol–water partition coefficient (Wildman–Crippen LogP) is 1.70. The lowest BCUT2D eigenvalue weighted by atomic mass is 10.1. The van der Waals surface area contributed by atoms with Crippen LogP contribution in [-0.4, -0.2) is 25.5 Å². The first-order valence-electron chi connectivity index (χ1n) is 4.21. The third kappa shape index (κ3) is 3.13. The molecule has 0 aromatic heterocycles. The second-order valence-electron chi connectivity index (χ2n) is 3.37. The molecule has 1 aromatic carbocycles. The smallest absolute Gasteiger partial charge is 0.150 e. The van der Waals surface area contributed by atoms with Crippen molar-refractivity contribution in [2.75, 3.05) is 12.0 Å². The highest BCUT2D eigenvalue weighted by Crippen LogP contribution is 2.27. The Balaban J connectivity index is 3.18. The Kier molecular flexibility index (Phi) is 3.88. The van der Waals surface area contributed by atoms with Crippen LogP contribution in [0.5, 0.6) is 0 Å². The summed E-state index contributed by atoms with van der Waals surface area (Å²) < 4.78 is 48.3. The van der Waals surface area contributed by atoms with Crippen LogP contribution in [0.4, 0.5) is 8.78 Å². The Bertz CT molecular complexity index is 502. The Labute approximate surface area is 96.6 Å². The van der Waals surface area contributed by atoms with Crippen molar-refractivity contribution in [1.29, 1.82) is 0 Å². The molecule has 0 radical (unpaired) electrons. The molecule has 3 nitrogen and oxygen atoms in total. The molecule has 0 heterocycles. The average Bonchev–Trinajstić information content (AvgIpc) is 2.09. The third-order valence-corrected chi connectivity index (χ3v) is 3.09. The SMILES string of the molecule is CS(=O)(=O)CC(O)c1c(F)ccc(Cl)c1F. The van der Waals surface area contributed by atoms with Crippen molar-refractivity contribution in [3.63, 3.8) is 0 Å². The van der Waals surface area contributed by atoms with Crippen molar-refractivity contribution in [3.05, 3.63) is 34.4 Å². The van der Waals surface area contributed by atoms with E-state index in [-0.39, 0.29) is 5.02 Å². The van der Waals surface area contributed by atoms with E-state index in [9.17, 15) is 22.3 Å². The van der Waals surface area contributed by atoms with Gasteiger partial charge in [0.25, 0.3) is 0 Å². The topological polar surface area (TPSA) is 54.4 Å². The second kappa shape index (κ2) is 4.65. The molecular formula is C9H9ClF2O3S. The molecule has 0 saturated carbocycles. The number of hydrogen-bond acceptors (Lipinski definition) is 3. The number of halogens is 3. The Morgan fingerprint density at radius 1 is 1.44 bits per heavy atom. The molecule has 1 aromatic rings. The van der Waals surface area contributed by atoms with Gasteiger partial charge in [-0.3, -0.25) is 0 Å². The van der Waals surface area contributed by atoms with Gasteiger partial charge in [0.1, 0.15) is 15.7 Å². The van der Waals surface area contributed by atoms with Gasteiger partial charge in [0.2, 0.25) is 0 Å². The molecule has 1 unspecified atom stereocenters. The molecule has 1 atom stereocenters. The van der Waals surface area contributed by atoms with Gasteiger partial charge in [-0.15, -0.1) is 0 Å².